The van der Waals surface area contributed by atoms with Crippen LogP contribution in [0.4, 0.5) is 0 Å². The molecule has 0 spiro atoms. The smallest absolute Gasteiger partial charge is 0.251 e. The molecular formula is C22H26N4O4. The van der Waals surface area contributed by atoms with Crippen LogP contribution in [0.1, 0.15) is 34.3 Å². The van der Waals surface area contributed by atoms with Crippen LogP contribution in [0.15, 0.2) is 48.5 Å². The topological polar surface area (TPSA) is 140 Å². The third-order valence-corrected chi connectivity index (χ3v) is 5.21. The fourth-order valence-electron chi connectivity index (χ4n) is 3.42. The minimum absolute atomic E-state index is 0.0883. The molecule has 8 heteroatoms. The normalized spacial score (nSPS) is 15.4. The zero-order chi connectivity index (χ0) is 21.7. The molecule has 0 aromatic heterocycles. The van der Waals surface area contributed by atoms with Crippen molar-refractivity contribution in [2.75, 3.05) is 13.1 Å². The number of nitrogens with two attached hydrogens (primary N) is 1. The summed E-state index contributed by atoms with van der Waals surface area (Å²) in [7, 11) is 0. The summed E-state index contributed by atoms with van der Waals surface area (Å²) >= 11 is 0. The van der Waals surface area contributed by atoms with Crippen LogP contribution < -0.4 is 11.1 Å². The monoisotopic (exact) mass is 410 g/mol. The number of piperidine rings is 1. The fraction of sp³-hybridized carbons (Fsp3) is 0.318. The third-order valence-electron chi connectivity index (χ3n) is 5.21. The van der Waals surface area contributed by atoms with E-state index >= 15 is 0 Å². The lowest BCUT2D eigenvalue weighted by Gasteiger charge is -2.32. The molecule has 1 saturated heterocycles. The maximum atomic E-state index is 13.1. The van der Waals surface area contributed by atoms with E-state index in [4.69, 9.17) is 11.1 Å². The summed E-state index contributed by atoms with van der Waals surface area (Å²) in [6.07, 6.45) is 0.894. The number of phenols is 1. The van der Waals surface area contributed by atoms with Gasteiger partial charge < -0.3 is 26.2 Å². The molecule has 2 aromatic rings. The lowest BCUT2D eigenvalue weighted by molar-refractivity contribution is -0.135. The van der Waals surface area contributed by atoms with Crippen molar-refractivity contribution in [3.8, 4) is 5.75 Å². The molecule has 0 unspecified atom stereocenters. The summed E-state index contributed by atoms with van der Waals surface area (Å²) < 4.78 is 0. The van der Waals surface area contributed by atoms with Gasteiger partial charge >= 0.3 is 0 Å². The zero-order valence-corrected chi connectivity index (χ0v) is 16.5. The Bertz CT molecular complexity index is 904. The van der Waals surface area contributed by atoms with E-state index in [1.54, 1.807) is 41.3 Å². The molecular weight excluding hydrogens is 384 g/mol. The number of amides is 2. The number of amidine groups is 1. The molecule has 1 fully saturated rings. The van der Waals surface area contributed by atoms with Crippen LogP contribution in [0.25, 0.3) is 0 Å². The molecule has 3 rings (SSSR count). The molecule has 0 radical (unpaired) electrons. The molecule has 0 saturated carbocycles. The number of hydrogen-bond donors (Lipinski definition) is 5. The fourth-order valence-corrected chi connectivity index (χ4v) is 3.42. The van der Waals surface area contributed by atoms with E-state index in [9.17, 15) is 19.8 Å². The van der Waals surface area contributed by atoms with Crippen molar-refractivity contribution in [3.05, 3.63) is 65.2 Å². The minimum Gasteiger partial charge on any atom is -0.508 e. The van der Waals surface area contributed by atoms with Crippen LogP contribution in [-0.4, -0.2) is 58.0 Å². The van der Waals surface area contributed by atoms with Gasteiger partial charge in [0.2, 0.25) is 5.91 Å². The summed E-state index contributed by atoms with van der Waals surface area (Å²) in [5.74, 6) is -0.571. The van der Waals surface area contributed by atoms with Crippen LogP contribution in [0.5, 0.6) is 5.75 Å². The van der Waals surface area contributed by atoms with E-state index in [1.807, 2.05) is 0 Å². The van der Waals surface area contributed by atoms with Crippen LogP contribution in [-0.2, 0) is 11.2 Å². The molecule has 1 aliphatic heterocycles. The summed E-state index contributed by atoms with van der Waals surface area (Å²) in [4.78, 5) is 27.6. The molecule has 8 nitrogen and oxygen atoms in total. The van der Waals surface area contributed by atoms with Crippen molar-refractivity contribution in [2.45, 2.75) is 31.4 Å². The predicted octanol–water partition coefficient (Wildman–Crippen LogP) is 1.00. The number of hydrogen-bond acceptors (Lipinski definition) is 5. The van der Waals surface area contributed by atoms with Crippen molar-refractivity contribution < 1.29 is 19.8 Å². The van der Waals surface area contributed by atoms with Crippen LogP contribution in [0, 0.1) is 5.41 Å². The van der Waals surface area contributed by atoms with Crippen molar-refractivity contribution >= 4 is 17.6 Å². The van der Waals surface area contributed by atoms with E-state index in [0.29, 0.717) is 37.1 Å². The number of phenolic OH excluding ortho intramolecular Hbond substituents is 1. The highest BCUT2D eigenvalue weighted by atomic mass is 16.3. The molecule has 0 bridgehead atoms. The van der Waals surface area contributed by atoms with E-state index in [0.717, 1.165) is 5.56 Å². The highest BCUT2D eigenvalue weighted by Gasteiger charge is 2.29. The highest BCUT2D eigenvalue weighted by molar-refractivity contribution is 5.99. The number of nitrogens with one attached hydrogen (secondary N) is 2. The van der Waals surface area contributed by atoms with Crippen LogP contribution in [0.3, 0.4) is 0 Å². The predicted molar refractivity (Wildman–Crippen MR) is 112 cm³/mol. The molecule has 30 heavy (non-hydrogen) atoms. The van der Waals surface area contributed by atoms with Crippen molar-refractivity contribution in [1.82, 2.24) is 10.2 Å². The number of aromatic hydroxyl groups is 1. The van der Waals surface area contributed by atoms with Gasteiger partial charge in [0, 0.05) is 30.6 Å². The van der Waals surface area contributed by atoms with Gasteiger partial charge in [-0.05, 0) is 42.7 Å². The first-order chi connectivity index (χ1) is 14.3. The Morgan fingerprint density at radius 1 is 1.07 bits per heavy atom. The van der Waals surface area contributed by atoms with Gasteiger partial charge in [0.25, 0.3) is 5.91 Å². The minimum atomic E-state index is -0.787. The Labute approximate surface area is 174 Å². The summed E-state index contributed by atoms with van der Waals surface area (Å²) in [6, 6.07) is 12.0. The molecule has 1 heterocycles. The Balaban J connectivity index is 1.77. The molecule has 6 N–H and O–H groups in total. The van der Waals surface area contributed by atoms with Crippen molar-refractivity contribution in [3.63, 3.8) is 0 Å². The van der Waals surface area contributed by atoms with Gasteiger partial charge in [-0.15, -0.1) is 0 Å². The number of aliphatic hydroxyl groups is 1. The average Bonchev–Trinajstić information content (AvgIpc) is 2.75. The second kappa shape index (κ2) is 9.41. The number of rotatable bonds is 6. The molecule has 2 amide bonds. The van der Waals surface area contributed by atoms with E-state index < -0.39 is 18.1 Å². The number of carbonyl (C=O) groups excluding carboxylic acids is 2. The van der Waals surface area contributed by atoms with Gasteiger partial charge in [-0.3, -0.25) is 15.0 Å². The molecule has 1 aliphatic rings. The summed E-state index contributed by atoms with van der Waals surface area (Å²) in [5, 5.41) is 29.5. The highest BCUT2D eigenvalue weighted by Crippen LogP contribution is 2.16. The first-order valence-corrected chi connectivity index (χ1v) is 9.83. The van der Waals surface area contributed by atoms with Gasteiger partial charge in [-0.2, -0.15) is 0 Å². The van der Waals surface area contributed by atoms with Gasteiger partial charge in [0.1, 0.15) is 17.6 Å². The van der Waals surface area contributed by atoms with Crippen molar-refractivity contribution in [1.29, 1.82) is 5.41 Å². The SMILES string of the molecule is N=C(N)c1ccc(C(=O)N[C@@H](Cc2ccc(O)cc2)C(=O)N2CCC(O)CC2)cc1. The Morgan fingerprint density at radius 3 is 2.20 bits per heavy atom. The van der Waals surface area contributed by atoms with Gasteiger partial charge in [-0.1, -0.05) is 24.3 Å². The zero-order valence-electron chi connectivity index (χ0n) is 16.5. The van der Waals surface area contributed by atoms with Crippen molar-refractivity contribution in [2.24, 2.45) is 5.73 Å². The van der Waals surface area contributed by atoms with E-state index in [1.165, 1.54) is 12.1 Å². The third kappa shape index (κ3) is 5.36. The number of nitrogens with zero attached hydrogens (tertiary/aromatic N) is 1. The number of aliphatic hydroxyl groups excluding tert-OH is 1. The second-order valence-corrected chi connectivity index (χ2v) is 7.44. The van der Waals surface area contributed by atoms with Crippen LogP contribution in [0.2, 0.25) is 0 Å². The quantitative estimate of drug-likeness (QED) is 0.357. The van der Waals surface area contributed by atoms with E-state index in [-0.39, 0.29) is 23.9 Å². The Kier molecular flexibility index (Phi) is 6.68. The first kappa shape index (κ1) is 21.3. The number of likely N-dealkylation sites (tertiary alicyclic amines) is 1. The van der Waals surface area contributed by atoms with Gasteiger partial charge in [-0.25, -0.2) is 0 Å². The number of carbonyl (C=O) groups is 2. The summed E-state index contributed by atoms with van der Waals surface area (Å²) in [6.45, 7) is 0.879. The molecule has 1 atom stereocenters. The molecule has 0 aliphatic carbocycles. The van der Waals surface area contributed by atoms with E-state index in [2.05, 4.69) is 5.32 Å². The maximum Gasteiger partial charge on any atom is 0.251 e. The summed E-state index contributed by atoms with van der Waals surface area (Å²) in [5.41, 5.74) is 7.12. The number of benzene rings is 2. The Morgan fingerprint density at radius 2 is 1.63 bits per heavy atom. The molecule has 158 valence electrons. The largest absolute Gasteiger partial charge is 0.508 e. The lowest BCUT2D eigenvalue weighted by atomic mass is 10.0. The standard InChI is InChI=1S/C22H26N4O4/c23-20(24)15-3-5-16(6-4-15)21(29)25-19(13-14-1-7-17(27)8-2-14)22(30)26-11-9-18(28)10-12-26/h1-8,18-19,27-28H,9-13H2,(H3,23,24)(H,25,29)/t19-/m0/s1. The molecule has 2 aromatic carbocycles. The van der Waals surface area contributed by atoms with Crippen LogP contribution >= 0.6 is 0 Å². The average molecular weight is 410 g/mol. The van der Waals surface area contributed by atoms with Gasteiger partial charge in [0.15, 0.2) is 0 Å². The number of nitrogen functional groups attached to an aromatic ring is 1. The van der Waals surface area contributed by atoms with Gasteiger partial charge in [0.05, 0.1) is 6.10 Å². The second-order valence-electron chi connectivity index (χ2n) is 7.44. The Hall–Kier alpha value is -3.39. The first-order valence-electron chi connectivity index (χ1n) is 9.83. The maximum absolute atomic E-state index is 13.1. The lowest BCUT2D eigenvalue weighted by Crippen LogP contribution is -2.52.